The van der Waals surface area contributed by atoms with E-state index in [-0.39, 0.29) is 5.78 Å². The molecule has 1 aromatic carbocycles. The summed E-state index contributed by atoms with van der Waals surface area (Å²) in [5.41, 5.74) is 3.86. The summed E-state index contributed by atoms with van der Waals surface area (Å²) in [6.45, 7) is 4.56. The topological polar surface area (TPSA) is 38.8 Å². The van der Waals surface area contributed by atoms with Crippen LogP contribution in [0.3, 0.4) is 0 Å². The van der Waals surface area contributed by atoms with E-state index in [0.29, 0.717) is 13.2 Å². The minimum absolute atomic E-state index is 0.218. The molecule has 4 heteroatoms. The first-order chi connectivity index (χ1) is 9.67. The number of methoxy groups -OCH3 is 1. The van der Waals surface area contributed by atoms with Crippen molar-refractivity contribution in [3.05, 3.63) is 29.3 Å². The second-order valence-electron chi connectivity index (χ2n) is 5.40. The molecule has 1 aromatic rings. The molecule has 0 aliphatic carbocycles. The molecule has 20 heavy (non-hydrogen) atoms. The van der Waals surface area contributed by atoms with E-state index in [9.17, 15) is 4.79 Å². The van der Waals surface area contributed by atoms with Crippen LogP contribution in [0.25, 0.3) is 5.57 Å². The molecule has 0 amide bonds. The molecule has 0 saturated carbocycles. The quantitative estimate of drug-likeness (QED) is 0.845. The highest BCUT2D eigenvalue weighted by Crippen LogP contribution is 2.39. The van der Waals surface area contributed by atoms with E-state index in [1.807, 2.05) is 12.1 Å². The monoisotopic (exact) mass is 273 g/mol. The van der Waals surface area contributed by atoms with Gasteiger partial charge in [-0.25, -0.2) is 0 Å². The normalized spacial score (nSPS) is 18.1. The first-order valence-corrected chi connectivity index (χ1v) is 6.91. The highest BCUT2D eigenvalue weighted by molar-refractivity contribution is 5.79. The van der Waals surface area contributed by atoms with Crippen LogP contribution in [0.1, 0.15) is 18.9 Å². The minimum atomic E-state index is 0.218. The van der Waals surface area contributed by atoms with Gasteiger partial charge in [-0.05, 0) is 36.6 Å². The maximum atomic E-state index is 11.2. The summed E-state index contributed by atoms with van der Waals surface area (Å²) >= 11 is 0. The maximum absolute atomic E-state index is 11.2. The van der Waals surface area contributed by atoms with Gasteiger partial charge in [-0.3, -0.25) is 9.69 Å². The Morgan fingerprint density at radius 3 is 3.05 bits per heavy atom. The lowest BCUT2D eigenvalue weighted by Crippen LogP contribution is -2.37. The molecular weight excluding hydrogens is 254 g/mol. The van der Waals surface area contributed by atoms with E-state index < -0.39 is 0 Å². The van der Waals surface area contributed by atoms with Crippen LogP contribution >= 0.6 is 0 Å². The van der Waals surface area contributed by atoms with Crippen molar-refractivity contribution in [3.63, 3.8) is 0 Å². The average Bonchev–Trinajstić information content (AvgIpc) is 2.45. The molecule has 0 spiro atoms. The van der Waals surface area contributed by atoms with Gasteiger partial charge >= 0.3 is 0 Å². The zero-order chi connectivity index (χ0) is 14.1. The van der Waals surface area contributed by atoms with E-state index in [4.69, 9.17) is 9.47 Å². The molecule has 0 fully saturated rings. The van der Waals surface area contributed by atoms with Crippen molar-refractivity contribution in [2.24, 2.45) is 0 Å². The number of ketones is 1. The van der Waals surface area contributed by atoms with Crippen LogP contribution in [0, 0.1) is 0 Å². The van der Waals surface area contributed by atoms with Gasteiger partial charge in [-0.15, -0.1) is 0 Å². The van der Waals surface area contributed by atoms with Crippen molar-refractivity contribution in [1.29, 1.82) is 0 Å². The van der Waals surface area contributed by atoms with Crippen molar-refractivity contribution >= 4 is 11.4 Å². The second-order valence-corrected chi connectivity index (χ2v) is 5.40. The SMILES string of the molecule is COc1ccc2c(c1)OCC1=C2CCN(CC(C)=O)C1. The van der Waals surface area contributed by atoms with E-state index in [1.165, 1.54) is 16.7 Å². The lowest BCUT2D eigenvalue weighted by Gasteiger charge is -2.33. The molecule has 2 aliphatic heterocycles. The number of rotatable bonds is 3. The third-order valence-electron chi connectivity index (χ3n) is 3.88. The third kappa shape index (κ3) is 2.43. The number of Topliss-reactive ketones (excluding diaryl/α,β-unsaturated/α-hetero) is 1. The Hall–Kier alpha value is -1.81. The summed E-state index contributed by atoms with van der Waals surface area (Å²) in [7, 11) is 1.66. The van der Waals surface area contributed by atoms with Crippen molar-refractivity contribution < 1.29 is 14.3 Å². The molecule has 4 nitrogen and oxygen atoms in total. The fourth-order valence-corrected chi connectivity index (χ4v) is 2.96. The fourth-order valence-electron chi connectivity index (χ4n) is 2.96. The summed E-state index contributed by atoms with van der Waals surface area (Å²) < 4.78 is 11.1. The van der Waals surface area contributed by atoms with E-state index >= 15 is 0 Å². The number of nitrogens with zero attached hydrogens (tertiary/aromatic N) is 1. The van der Waals surface area contributed by atoms with Gasteiger partial charge in [0.15, 0.2) is 0 Å². The Balaban J connectivity index is 1.87. The molecule has 0 saturated heterocycles. The zero-order valence-electron chi connectivity index (χ0n) is 11.9. The average molecular weight is 273 g/mol. The molecule has 2 aliphatic rings. The van der Waals surface area contributed by atoms with Gasteiger partial charge in [0.25, 0.3) is 0 Å². The number of ether oxygens (including phenoxy) is 2. The highest BCUT2D eigenvalue weighted by atomic mass is 16.5. The first-order valence-electron chi connectivity index (χ1n) is 6.91. The fraction of sp³-hybridized carbons (Fsp3) is 0.438. The molecule has 0 bridgehead atoms. The van der Waals surface area contributed by atoms with Crippen molar-refractivity contribution in [1.82, 2.24) is 4.90 Å². The van der Waals surface area contributed by atoms with Crippen molar-refractivity contribution in [2.75, 3.05) is 33.4 Å². The molecule has 0 aromatic heterocycles. The van der Waals surface area contributed by atoms with Gasteiger partial charge in [0, 0.05) is 24.7 Å². The lowest BCUT2D eigenvalue weighted by atomic mass is 9.91. The summed E-state index contributed by atoms with van der Waals surface area (Å²) in [4.78, 5) is 13.4. The van der Waals surface area contributed by atoms with Crippen LogP contribution in [0.4, 0.5) is 0 Å². The maximum Gasteiger partial charge on any atom is 0.143 e. The molecular formula is C16H19NO3. The van der Waals surface area contributed by atoms with Gasteiger partial charge in [0.1, 0.15) is 23.9 Å². The van der Waals surface area contributed by atoms with E-state index in [1.54, 1.807) is 14.0 Å². The van der Waals surface area contributed by atoms with Gasteiger partial charge in [0.05, 0.1) is 13.7 Å². The van der Waals surface area contributed by atoms with Crippen LogP contribution in [-0.2, 0) is 4.79 Å². The minimum Gasteiger partial charge on any atom is -0.497 e. The number of benzene rings is 1. The second kappa shape index (κ2) is 5.29. The Morgan fingerprint density at radius 2 is 2.30 bits per heavy atom. The Morgan fingerprint density at radius 1 is 1.45 bits per heavy atom. The van der Waals surface area contributed by atoms with Crippen LogP contribution in [0.15, 0.2) is 23.8 Å². The number of fused-ring (bicyclic) bond motifs is 2. The van der Waals surface area contributed by atoms with Gasteiger partial charge in [-0.2, -0.15) is 0 Å². The van der Waals surface area contributed by atoms with Gasteiger partial charge in [-0.1, -0.05) is 0 Å². The molecule has 3 rings (SSSR count). The number of carbonyl (C=O) groups is 1. The van der Waals surface area contributed by atoms with Crippen LogP contribution < -0.4 is 9.47 Å². The Bertz CT molecular complexity index is 577. The third-order valence-corrected chi connectivity index (χ3v) is 3.88. The van der Waals surface area contributed by atoms with E-state index in [2.05, 4.69) is 11.0 Å². The molecule has 0 unspecified atom stereocenters. The predicted octanol–water partition coefficient (Wildman–Crippen LogP) is 2.14. The summed E-state index contributed by atoms with van der Waals surface area (Å²) in [6.07, 6.45) is 0.977. The zero-order valence-corrected chi connectivity index (χ0v) is 11.9. The van der Waals surface area contributed by atoms with Crippen LogP contribution in [0.2, 0.25) is 0 Å². The predicted molar refractivity (Wildman–Crippen MR) is 77.1 cm³/mol. The van der Waals surface area contributed by atoms with Crippen LogP contribution in [0.5, 0.6) is 11.5 Å². The van der Waals surface area contributed by atoms with Gasteiger partial charge < -0.3 is 9.47 Å². The van der Waals surface area contributed by atoms with Crippen molar-refractivity contribution in [3.8, 4) is 11.5 Å². The Labute approximate surface area is 119 Å². The largest absolute Gasteiger partial charge is 0.497 e. The van der Waals surface area contributed by atoms with Crippen molar-refractivity contribution in [2.45, 2.75) is 13.3 Å². The Kier molecular flexibility index (Phi) is 3.49. The number of hydrogen-bond donors (Lipinski definition) is 0. The molecule has 106 valence electrons. The van der Waals surface area contributed by atoms with Gasteiger partial charge in [0.2, 0.25) is 0 Å². The summed E-state index contributed by atoms with van der Waals surface area (Å²) in [5, 5.41) is 0. The van der Waals surface area contributed by atoms with Crippen LogP contribution in [-0.4, -0.2) is 44.0 Å². The molecule has 0 atom stereocenters. The summed E-state index contributed by atoms with van der Waals surface area (Å²) in [6, 6.07) is 5.99. The molecule has 0 radical (unpaired) electrons. The lowest BCUT2D eigenvalue weighted by molar-refractivity contribution is -0.118. The molecule has 0 N–H and O–H groups in total. The standard InChI is InChI=1S/C16H19NO3/c1-11(18)8-17-6-5-14-12(9-17)10-20-16-7-13(19-2)3-4-15(14)16/h3-4,7H,5-6,8-10H2,1-2H3. The van der Waals surface area contributed by atoms with E-state index in [0.717, 1.165) is 31.0 Å². The number of hydrogen-bond acceptors (Lipinski definition) is 4. The summed E-state index contributed by atoms with van der Waals surface area (Å²) in [5.74, 6) is 1.95. The highest BCUT2D eigenvalue weighted by Gasteiger charge is 2.26. The smallest absolute Gasteiger partial charge is 0.143 e. The first kappa shape index (κ1) is 13.2. The molecule has 2 heterocycles. The number of carbonyl (C=O) groups excluding carboxylic acids is 1.